The number of anilines is 3. The zero-order valence-electron chi connectivity index (χ0n) is 35.9. The molecule has 0 aliphatic heterocycles. The lowest BCUT2D eigenvalue weighted by molar-refractivity contribution is 0.660. The number of fused-ring (bicyclic) bond motifs is 8. The third-order valence-corrected chi connectivity index (χ3v) is 17.2. The molecule has 4 heteroatoms. The van der Waals surface area contributed by atoms with Gasteiger partial charge in [0, 0.05) is 38.6 Å². The predicted molar refractivity (Wildman–Crippen MR) is 255 cm³/mol. The topological polar surface area (TPSA) is 8.17 Å². The van der Waals surface area contributed by atoms with Gasteiger partial charge in [0.2, 0.25) is 0 Å². The second kappa shape index (κ2) is 12.9. The first-order valence-electron chi connectivity index (χ1n) is 20.7. The monoisotopic (exact) mass is 776 g/mol. The second-order valence-corrected chi connectivity index (χ2v) is 29.5. The molecular weight excluding hydrogens is 721 g/mol. The third kappa shape index (κ3) is 5.94. The molecule has 2 nitrogen and oxygen atoms in total. The molecular formula is C53H56N2Si2. The molecule has 0 saturated carbocycles. The summed E-state index contributed by atoms with van der Waals surface area (Å²) in [6, 6.07) is 47.3. The number of hydrogen-bond donors (Lipinski definition) is 0. The van der Waals surface area contributed by atoms with Gasteiger partial charge in [-0.2, -0.15) is 0 Å². The van der Waals surface area contributed by atoms with E-state index in [4.69, 9.17) is 0 Å². The Morgan fingerprint density at radius 3 is 1.46 bits per heavy atom. The average Bonchev–Trinajstić information content (AvgIpc) is 3.60. The van der Waals surface area contributed by atoms with E-state index in [0.29, 0.717) is 0 Å². The summed E-state index contributed by atoms with van der Waals surface area (Å²) >= 11 is 0. The molecule has 0 fully saturated rings. The van der Waals surface area contributed by atoms with E-state index >= 15 is 0 Å². The van der Waals surface area contributed by atoms with Gasteiger partial charge in [-0.3, -0.25) is 0 Å². The third-order valence-electron chi connectivity index (χ3n) is 13.1. The number of aromatic nitrogens is 1. The maximum absolute atomic E-state index is 2.58. The van der Waals surface area contributed by atoms with Gasteiger partial charge in [-0.05, 0) is 132 Å². The maximum atomic E-state index is 2.58. The Morgan fingerprint density at radius 1 is 0.456 bits per heavy atom. The van der Waals surface area contributed by atoms with E-state index in [1.54, 1.807) is 0 Å². The van der Waals surface area contributed by atoms with Crippen LogP contribution in [0.15, 0.2) is 121 Å². The fraction of sp³-hybridized carbons (Fsp3) is 0.245. The Labute approximate surface area is 341 Å². The minimum absolute atomic E-state index is 0.230. The molecule has 0 radical (unpaired) electrons. The van der Waals surface area contributed by atoms with Crippen molar-refractivity contribution >= 4 is 76.2 Å². The molecule has 1 aromatic heterocycles. The highest BCUT2D eigenvalue weighted by Gasteiger charge is 2.38. The molecule has 1 aliphatic carbocycles. The summed E-state index contributed by atoms with van der Waals surface area (Å²) in [7, 11) is -3.09. The number of hydrogen-bond acceptors (Lipinski definition) is 1. The lowest BCUT2D eigenvalue weighted by Crippen LogP contribution is -2.37. The van der Waals surface area contributed by atoms with E-state index in [1.165, 1.54) is 110 Å². The normalized spacial score (nSPS) is 13.8. The largest absolute Gasteiger partial charge is 0.310 e. The van der Waals surface area contributed by atoms with Crippen molar-refractivity contribution in [3.8, 4) is 16.8 Å². The molecule has 9 rings (SSSR count). The SMILES string of the molecule is Cc1ccc(N(c2ccc(C)c(C)c2)c2ccc3c(c2)C(C)(C)c2cc(-n4c5ccc([Si](C)(C)C)cc5c5cc([Si](C)(C)C)ccc54)c4ccccc4c2-3)cc1C. The smallest absolute Gasteiger partial charge is 0.0776 e. The summed E-state index contributed by atoms with van der Waals surface area (Å²) in [5.74, 6) is 0. The van der Waals surface area contributed by atoms with E-state index in [1.807, 2.05) is 0 Å². The van der Waals surface area contributed by atoms with Gasteiger partial charge in [0.15, 0.2) is 0 Å². The van der Waals surface area contributed by atoms with E-state index in [0.717, 1.165) is 0 Å². The van der Waals surface area contributed by atoms with Crippen LogP contribution in [-0.2, 0) is 5.41 Å². The molecule has 57 heavy (non-hydrogen) atoms. The highest BCUT2D eigenvalue weighted by molar-refractivity contribution is 6.89. The van der Waals surface area contributed by atoms with Gasteiger partial charge in [0.05, 0.1) is 32.9 Å². The Balaban J connectivity index is 1.29. The van der Waals surface area contributed by atoms with Crippen LogP contribution in [0.3, 0.4) is 0 Å². The Morgan fingerprint density at radius 2 is 0.947 bits per heavy atom. The fourth-order valence-corrected chi connectivity index (χ4v) is 11.6. The molecule has 0 atom stereocenters. The summed E-state index contributed by atoms with van der Waals surface area (Å²) in [6.45, 7) is 28.5. The molecule has 286 valence electrons. The van der Waals surface area contributed by atoms with Crippen molar-refractivity contribution in [3.05, 3.63) is 155 Å². The van der Waals surface area contributed by atoms with Crippen LogP contribution in [0.5, 0.6) is 0 Å². The van der Waals surface area contributed by atoms with Crippen molar-refractivity contribution in [3.63, 3.8) is 0 Å². The van der Waals surface area contributed by atoms with Crippen LogP contribution in [0.4, 0.5) is 17.1 Å². The van der Waals surface area contributed by atoms with Crippen LogP contribution >= 0.6 is 0 Å². The van der Waals surface area contributed by atoms with E-state index < -0.39 is 16.1 Å². The Kier molecular flexibility index (Phi) is 8.48. The molecule has 0 spiro atoms. The minimum Gasteiger partial charge on any atom is -0.310 e. The molecule has 1 heterocycles. The minimum atomic E-state index is -1.54. The Bertz CT molecular complexity index is 2830. The highest BCUT2D eigenvalue weighted by atomic mass is 28.3. The molecule has 8 aromatic rings. The molecule has 0 saturated heterocycles. The summed E-state index contributed by atoms with van der Waals surface area (Å²) in [6.07, 6.45) is 0. The van der Waals surface area contributed by atoms with E-state index in [9.17, 15) is 0 Å². The Hall–Kier alpha value is -5.17. The van der Waals surface area contributed by atoms with E-state index in [-0.39, 0.29) is 5.41 Å². The fourth-order valence-electron chi connectivity index (χ4n) is 9.27. The zero-order chi connectivity index (χ0) is 40.3. The van der Waals surface area contributed by atoms with Gasteiger partial charge in [0.1, 0.15) is 0 Å². The highest BCUT2D eigenvalue weighted by Crippen LogP contribution is 2.54. The zero-order valence-corrected chi connectivity index (χ0v) is 37.9. The first-order valence-corrected chi connectivity index (χ1v) is 27.7. The van der Waals surface area contributed by atoms with Crippen LogP contribution < -0.4 is 15.3 Å². The van der Waals surface area contributed by atoms with Gasteiger partial charge in [0.25, 0.3) is 0 Å². The first kappa shape index (κ1) is 37.4. The van der Waals surface area contributed by atoms with Crippen LogP contribution in [0.25, 0.3) is 49.4 Å². The lowest BCUT2D eigenvalue weighted by atomic mass is 9.81. The van der Waals surface area contributed by atoms with Crippen LogP contribution in [0, 0.1) is 27.7 Å². The number of nitrogens with zero attached hydrogens (tertiary/aromatic N) is 2. The summed E-state index contributed by atoms with van der Waals surface area (Å²) in [4.78, 5) is 2.45. The number of rotatable bonds is 6. The van der Waals surface area contributed by atoms with E-state index in [2.05, 4.69) is 212 Å². The van der Waals surface area contributed by atoms with Crippen LogP contribution in [0.1, 0.15) is 47.2 Å². The van der Waals surface area contributed by atoms with Crippen molar-refractivity contribution in [1.29, 1.82) is 0 Å². The van der Waals surface area contributed by atoms with Crippen molar-refractivity contribution in [2.75, 3.05) is 4.90 Å². The first-order chi connectivity index (χ1) is 26.9. The molecule has 0 unspecified atom stereocenters. The average molecular weight is 777 g/mol. The molecule has 0 bridgehead atoms. The number of aryl methyl sites for hydroxylation is 4. The maximum Gasteiger partial charge on any atom is 0.0776 e. The van der Waals surface area contributed by atoms with Gasteiger partial charge < -0.3 is 9.47 Å². The van der Waals surface area contributed by atoms with Crippen LogP contribution in [0.2, 0.25) is 39.3 Å². The summed E-state index contributed by atoms with van der Waals surface area (Å²) < 4.78 is 2.58. The summed E-state index contributed by atoms with van der Waals surface area (Å²) in [5.41, 5.74) is 17.8. The molecule has 7 aromatic carbocycles. The van der Waals surface area contributed by atoms with Gasteiger partial charge in [-0.15, -0.1) is 0 Å². The second-order valence-electron chi connectivity index (χ2n) is 19.4. The quantitative estimate of drug-likeness (QED) is 0.153. The molecule has 0 amide bonds. The van der Waals surface area contributed by atoms with Gasteiger partial charge in [-0.1, -0.05) is 130 Å². The van der Waals surface area contributed by atoms with Crippen LogP contribution in [-0.4, -0.2) is 20.7 Å². The standard InChI is InChI=1S/C53H56N2Si2/c1-33-17-19-37(27-35(33)3)54(38-20-18-34(2)36(4)28-38)39-21-24-44-47(29-39)53(5,6)48-32-51(42-15-13-14-16-43(42)52(44)48)55-49-25-22-40(56(7,8)9)30-45(49)46-31-41(57(10,11)12)23-26-50(46)55/h13-32H,1-12H3. The molecule has 0 N–H and O–H groups in total. The summed E-state index contributed by atoms with van der Waals surface area (Å²) in [5, 5.41) is 8.37. The van der Waals surface area contributed by atoms with Crippen molar-refractivity contribution in [1.82, 2.24) is 4.57 Å². The van der Waals surface area contributed by atoms with Crippen molar-refractivity contribution in [2.24, 2.45) is 0 Å². The molecule has 1 aliphatic rings. The van der Waals surface area contributed by atoms with Gasteiger partial charge >= 0.3 is 0 Å². The lowest BCUT2D eigenvalue weighted by Gasteiger charge is -2.29. The van der Waals surface area contributed by atoms with Crippen molar-refractivity contribution in [2.45, 2.75) is 86.2 Å². The van der Waals surface area contributed by atoms with Gasteiger partial charge in [-0.25, -0.2) is 0 Å². The van der Waals surface area contributed by atoms with Crippen molar-refractivity contribution < 1.29 is 0 Å². The predicted octanol–water partition coefficient (Wildman–Crippen LogP) is 14.0. The number of benzene rings is 7.